The SMILES string of the molecule is CC1(C)CC(=O)C2=C(C1)O[C@H]1CCCC[C@H]21. The van der Waals surface area contributed by atoms with Gasteiger partial charge in [0.1, 0.15) is 11.9 Å². The molecule has 2 aliphatic carbocycles. The molecule has 2 nitrogen and oxygen atoms in total. The largest absolute Gasteiger partial charge is 0.494 e. The third-order valence-corrected chi connectivity index (χ3v) is 4.25. The second-order valence-electron chi connectivity index (χ2n) is 6.33. The van der Waals surface area contributed by atoms with Gasteiger partial charge in [0.25, 0.3) is 0 Å². The average Bonchev–Trinajstić information content (AvgIpc) is 2.52. The number of carbonyl (C=O) groups is 1. The van der Waals surface area contributed by atoms with Gasteiger partial charge in [0, 0.05) is 24.3 Å². The van der Waals surface area contributed by atoms with Crippen molar-refractivity contribution < 1.29 is 9.53 Å². The summed E-state index contributed by atoms with van der Waals surface area (Å²) in [7, 11) is 0. The highest BCUT2D eigenvalue weighted by Gasteiger charge is 2.46. The van der Waals surface area contributed by atoms with Gasteiger partial charge in [0.15, 0.2) is 5.78 Å². The molecule has 2 atom stereocenters. The van der Waals surface area contributed by atoms with Gasteiger partial charge >= 0.3 is 0 Å². The van der Waals surface area contributed by atoms with Crippen molar-refractivity contribution in [2.75, 3.05) is 0 Å². The fourth-order valence-electron chi connectivity index (χ4n) is 3.55. The van der Waals surface area contributed by atoms with Gasteiger partial charge in [-0.05, 0) is 24.7 Å². The van der Waals surface area contributed by atoms with Crippen molar-refractivity contribution in [1.29, 1.82) is 0 Å². The van der Waals surface area contributed by atoms with Gasteiger partial charge in [-0.25, -0.2) is 0 Å². The summed E-state index contributed by atoms with van der Waals surface area (Å²) in [4.78, 5) is 12.2. The summed E-state index contributed by atoms with van der Waals surface area (Å²) in [5, 5.41) is 0. The van der Waals surface area contributed by atoms with Gasteiger partial charge in [-0.1, -0.05) is 20.3 Å². The zero-order valence-corrected chi connectivity index (χ0v) is 10.2. The number of Topliss-reactive ketones (excluding diaryl/α,β-unsaturated/α-hetero) is 1. The van der Waals surface area contributed by atoms with Crippen LogP contribution in [-0.2, 0) is 9.53 Å². The fourth-order valence-corrected chi connectivity index (χ4v) is 3.55. The first-order chi connectivity index (χ1) is 7.57. The summed E-state index contributed by atoms with van der Waals surface area (Å²) in [5.74, 6) is 1.84. The highest BCUT2D eigenvalue weighted by molar-refractivity contribution is 5.98. The molecule has 1 fully saturated rings. The molecule has 88 valence electrons. The molecule has 0 aromatic carbocycles. The van der Waals surface area contributed by atoms with Gasteiger partial charge in [0.2, 0.25) is 0 Å². The van der Waals surface area contributed by atoms with Gasteiger partial charge in [-0.3, -0.25) is 4.79 Å². The fraction of sp³-hybridized carbons (Fsp3) is 0.786. The smallest absolute Gasteiger partial charge is 0.163 e. The quantitative estimate of drug-likeness (QED) is 0.626. The average molecular weight is 220 g/mol. The molecule has 3 aliphatic rings. The normalized spacial score (nSPS) is 36.8. The molecule has 0 radical (unpaired) electrons. The topological polar surface area (TPSA) is 26.3 Å². The van der Waals surface area contributed by atoms with Crippen molar-refractivity contribution in [3.05, 3.63) is 11.3 Å². The molecule has 0 saturated heterocycles. The van der Waals surface area contributed by atoms with E-state index in [2.05, 4.69) is 13.8 Å². The lowest BCUT2D eigenvalue weighted by atomic mass is 9.72. The van der Waals surface area contributed by atoms with E-state index in [1.165, 1.54) is 12.8 Å². The second-order valence-corrected chi connectivity index (χ2v) is 6.33. The van der Waals surface area contributed by atoms with Crippen LogP contribution in [0.3, 0.4) is 0 Å². The summed E-state index contributed by atoms with van der Waals surface area (Å²) in [6, 6.07) is 0. The highest BCUT2D eigenvalue weighted by Crippen LogP contribution is 2.48. The van der Waals surface area contributed by atoms with Crippen LogP contribution in [0.15, 0.2) is 11.3 Å². The number of ketones is 1. The molecule has 0 bridgehead atoms. The lowest BCUT2D eigenvalue weighted by Crippen LogP contribution is -2.28. The highest BCUT2D eigenvalue weighted by atomic mass is 16.5. The summed E-state index contributed by atoms with van der Waals surface area (Å²) in [6.07, 6.45) is 6.83. The maximum Gasteiger partial charge on any atom is 0.163 e. The maximum atomic E-state index is 12.2. The maximum absolute atomic E-state index is 12.2. The molecule has 0 aromatic heterocycles. The van der Waals surface area contributed by atoms with Crippen LogP contribution in [0.25, 0.3) is 0 Å². The van der Waals surface area contributed by atoms with E-state index in [-0.39, 0.29) is 5.41 Å². The summed E-state index contributed by atoms with van der Waals surface area (Å²) in [5.41, 5.74) is 1.17. The van der Waals surface area contributed by atoms with Gasteiger partial charge in [-0.2, -0.15) is 0 Å². The van der Waals surface area contributed by atoms with Gasteiger partial charge in [0.05, 0.1) is 0 Å². The zero-order chi connectivity index (χ0) is 11.3. The minimum Gasteiger partial charge on any atom is -0.494 e. The summed E-state index contributed by atoms with van der Waals surface area (Å²) >= 11 is 0. The molecular formula is C14H20O2. The minimum absolute atomic E-state index is 0.101. The van der Waals surface area contributed by atoms with Crippen molar-refractivity contribution in [1.82, 2.24) is 0 Å². The van der Waals surface area contributed by atoms with Gasteiger partial charge in [-0.15, -0.1) is 0 Å². The van der Waals surface area contributed by atoms with E-state index in [0.717, 1.165) is 30.6 Å². The Bertz CT molecular complexity index is 365. The van der Waals surface area contributed by atoms with E-state index in [9.17, 15) is 4.79 Å². The third kappa shape index (κ3) is 1.50. The molecule has 1 aliphatic heterocycles. The predicted octanol–water partition coefficient (Wildman–Crippen LogP) is 3.22. The molecule has 0 spiro atoms. The number of fused-ring (bicyclic) bond motifs is 2. The Labute approximate surface area is 97.1 Å². The van der Waals surface area contributed by atoms with Crippen LogP contribution in [0, 0.1) is 11.3 Å². The lowest BCUT2D eigenvalue weighted by molar-refractivity contribution is -0.118. The first-order valence-corrected chi connectivity index (χ1v) is 6.50. The van der Waals surface area contributed by atoms with Crippen molar-refractivity contribution >= 4 is 5.78 Å². The molecule has 1 saturated carbocycles. The Balaban J connectivity index is 1.93. The van der Waals surface area contributed by atoms with Crippen LogP contribution >= 0.6 is 0 Å². The van der Waals surface area contributed by atoms with Crippen LogP contribution < -0.4 is 0 Å². The van der Waals surface area contributed by atoms with Crippen molar-refractivity contribution in [3.63, 3.8) is 0 Å². The van der Waals surface area contributed by atoms with E-state index in [1.807, 2.05) is 0 Å². The summed E-state index contributed by atoms with van der Waals surface area (Å²) in [6.45, 7) is 4.33. The van der Waals surface area contributed by atoms with Crippen LogP contribution in [0.4, 0.5) is 0 Å². The van der Waals surface area contributed by atoms with E-state index in [4.69, 9.17) is 4.74 Å². The van der Waals surface area contributed by atoms with Crippen molar-refractivity contribution in [2.45, 2.75) is 58.5 Å². The van der Waals surface area contributed by atoms with Crippen molar-refractivity contribution in [3.8, 4) is 0 Å². The number of allylic oxidation sites excluding steroid dienone is 1. The van der Waals surface area contributed by atoms with Gasteiger partial charge < -0.3 is 4.74 Å². The Kier molecular flexibility index (Phi) is 2.17. The van der Waals surface area contributed by atoms with E-state index >= 15 is 0 Å². The number of rotatable bonds is 0. The Hall–Kier alpha value is -0.790. The van der Waals surface area contributed by atoms with Crippen LogP contribution in [0.5, 0.6) is 0 Å². The van der Waals surface area contributed by atoms with Crippen LogP contribution in [0.2, 0.25) is 0 Å². The molecule has 3 rings (SSSR count). The molecule has 0 unspecified atom stereocenters. The predicted molar refractivity (Wildman–Crippen MR) is 61.9 cm³/mol. The molecular weight excluding hydrogens is 200 g/mol. The molecule has 0 amide bonds. The Morgan fingerprint density at radius 3 is 2.75 bits per heavy atom. The Morgan fingerprint density at radius 2 is 1.94 bits per heavy atom. The number of carbonyl (C=O) groups excluding carboxylic acids is 1. The summed E-state index contributed by atoms with van der Waals surface area (Å²) < 4.78 is 6.03. The molecule has 0 aromatic rings. The monoisotopic (exact) mass is 220 g/mol. The van der Waals surface area contributed by atoms with E-state index < -0.39 is 0 Å². The van der Waals surface area contributed by atoms with E-state index in [1.54, 1.807) is 0 Å². The first-order valence-electron chi connectivity index (χ1n) is 6.50. The number of hydrogen-bond acceptors (Lipinski definition) is 2. The molecule has 1 heterocycles. The Morgan fingerprint density at radius 1 is 1.19 bits per heavy atom. The third-order valence-electron chi connectivity index (χ3n) is 4.25. The van der Waals surface area contributed by atoms with Crippen LogP contribution in [-0.4, -0.2) is 11.9 Å². The van der Waals surface area contributed by atoms with Crippen molar-refractivity contribution in [2.24, 2.45) is 11.3 Å². The first kappa shape index (κ1) is 10.4. The molecule has 0 N–H and O–H groups in total. The van der Waals surface area contributed by atoms with E-state index in [0.29, 0.717) is 24.2 Å². The number of hydrogen-bond donors (Lipinski definition) is 0. The lowest BCUT2D eigenvalue weighted by Gasteiger charge is -2.29. The molecule has 2 heteroatoms. The molecule has 16 heavy (non-hydrogen) atoms. The standard InChI is InChI=1S/C14H20O2/c1-14(2)7-10(15)13-9-5-3-4-6-11(9)16-12(13)8-14/h9,11H,3-8H2,1-2H3/t9-,11-/m0/s1. The number of ether oxygens (including phenoxy) is 1. The minimum atomic E-state index is 0.101. The zero-order valence-electron chi connectivity index (χ0n) is 10.2. The van der Waals surface area contributed by atoms with Crippen LogP contribution in [0.1, 0.15) is 52.4 Å². The second kappa shape index (κ2) is 3.35.